The molecule has 0 spiro atoms. The first-order valence-corrected chi connectivity index (χ1v) is 5.56. The number of fused-ring (bicyclic) bond motifs is 1. The first kappa shape index (κ1) is 9.47. The van der Waals surface area contributed by atoms with Gasteiger partial charge in [0.15, 0.2) is 0 Å². The number of rotatable bonds is 1. The largest absolute Gasteiger partial charge is 0.376 e. The predicted molar refractivity (Wildman–Crippen MR) is 53.8 cm³/mol. The Kier molecular flexibility index (Phi) is 2.61. The first-order chi connectivity index (χ1) is 6.18. The van der Waals surface area contributed by atoms with Gasteiger partial charge in [-0.25, -0.2) is 0 Å². The third kappa shape index (κ3) is 1.75. The van der Waals surface area contributed by atoms with Gasteiger partial charge in [-0.3, -0.25) is 4.90 Å². The maximum Gasteiger partial charge on any atom is 0.0731 e. The molecule has 76 valence electrons. The minimum atomic E-state index is 0.548. The van der Waals surface area contributed by atoms with E-state index < -0.39 is 0 Å². The Hall–Kier alpha value is -0.0800. The van der Waals surface area contributed by atoms with E-state index in [1.165, 1.54) is 19.4 Å². The van der Waals surface area contributed by atoms with Crippen LogP contribution in [0.1, 0.15) is 33.6 Å². The van der Waals surface area contributed by atoms with Crippen LogP contribution in [-0.4, -0.2) is 36.2 Å². The minimum Gasteiger partial charge on any atom is -0.376 e. The molecule has 1 aliphatic heterocycles. The van der Waals surface area contributed by atoms with Crippen LogP contribution in [0.3, 0.4) is 0 Å². The number of nitrogens with zero attached hydrogens (tertiary/aromatic N) is 1. The van der Waals surface area contributed by atoms with Crippen LogP contribution < -0.4 is 0 Å². The molecular weight excluding hydrogens is 162 g/mol. The van der Waals surface area contributed by atoms with E-state index in [9.17, 15) is 0 Å². The summed E-state index contributed by atoms with van der Waals surface area (Å²) in [4.78, 5) is 2.63. The zero-order valence-electron chi connectivity index (χ0n) is 8.99. The van der Waals surface area contributed by atoms with Crippen molar-refractivity contribution in [1.82, 2.24) is 4.90 Å². The molecule has 2 rings (SSSR count). The summed E-state index contributed by atoms with van der Waals surface area (Å²) in [5.74, 6) is 0.702. The van der Waals surface area contributed by atoms with E-state index in [4.69, 9.17) is 4.74 Å². The fraction of sp³-hybridized carbons (Fsp3) is 1.00. The first-order valence-electron chi connectivity index (χ1n) is 5.56. The fourth-order valence-electron chi connectivity index (χ4n) is 2.46. The fourth-order valence-corrected chi connectivity index (χ4v) is 2.46. The van der Waals surface area contributed by atoms with Gasteiger partial charge >= 0.3 is 0 Å². The van der Waals surface area contributed by atoms with Gasteiger partial charge in [0.1, 0.15) is 0 Å². The van der Waals surface area contributed by atoms with Gasteiger partial charge in [0.25, 0.3) is 0 Å². The van der Waals surface area contributed by atoms with Crippen molar-refractivity contribution in [3.63, 3.8) is 0 Å². The zero-order chi connectivity index (χ0) is 9.42. The molecule has 3 unspecified atom stereocenters. The van der Waals surface area contributed by atoms with Gasteiger partial charge in [-0.2, -0.15) is 0 Å². The van der Waals surface area contributed by atoms with Crippen molar-refractivity contribution in [2.45, 2.75) is 51.8 Å². The molecule has 3 atom stereocenters. The van der Waals surface area contributed by atoms with Gasteiger partial charge in [-0.1, -0.05) is 6.92 Å². The Labute approximate surface area is 81.3 Å². The highest BCUT2D eigenvalue weighted by Crippen LogP contribution is 2.33. The number of hydrogen-bond acceptors (Lipinski definition) is 2. The van der Waals surface area contributed by atoms with Gasteiger partial charge in [0, 0.05) is 18.6 Å². The standard InChI is InChI=1S/C11H21NO/c1-8(2)12-6-9(3)7-13-11-5-4-10(11)12/h8-11H,4-7H2,1-3H3. The Morgan fingerprint density at radius 2 is 2.08 bits per heavy atom. The molecule has 2 aliphatic rings. The quantitative estimate of drug-likeness (QED) is 0.615. The molecule has 1 saturated carbocycles. The summed E-state index contributed by atoms with van der Waals surface area (Å²) in [6.07, 6.45) is 3.17. The lowest BCUT2D eigenvalue weighted by Gasteiger charge is -2.44. The number of hydrogen-bond donors (Lipinski definition) is 0. The maximum absolute atomic E-state index is 5.85. The molecule has 0 aromatic carbocycles. The van der Waals surface area contributed by atoms with E-state index in [1.807, 2.05) is 0 Å². The molecule has 1 aliphatic carbocycles. The zero-order valence-corrected chi connectivity index (χ0v) is 8.99. The lowest BCUT2D eigenvalue weighted by Crippen LogP contribution is -2.53. The molecule has 13 heavy (non-hydrogen) atoms. The van der Waals surface area contributed by atoms with Gasteiger partial charge < -0.3 is 4.74 Å². The van der Waals surface area contributed by atoms with Crippen LogP contribution in [0.5, 0.6) is 0 Å². The molecule has 0 aromatic heterocycles. The van der Waals surface area contributed by atoms with Crippen LogP contribution in [0, 0.1) is 5.92 Å². The van der Waals surface area contributed by atoms with Gasteiger partial charge in [0.05, 0.1) is 12.7 Å². The van der Waals surface area contributed by atoms with Crippen LogP contribution in [-0.2, 0) is 4.74 Å². The predicted octanol–water partition coefficient (Wildman–Crippen LogP) is 1.89. The molecule has 1 heterocycles. The van der Waals surface area contributed by atoms with Crippen LogP contribution in [0.15, 0.2) is 0 Å². The molecule has 2 heteroatoms. The van der Waals surface area contributed by atoms with Gasteiger partial charge in [-0.05, 0) is 32.6 Å². The van der Waals surface area contributed by atoms with Crippen LogP contribution in [0.4, 0.5) is 0 Å². The smallest absolute Gasteiger partial charge is 0.0731 e. The summed E-state index contributed by atoms with van der Waals surface area (Å²) >= 11 is 0. The molecule has 2 fully saturated rings. The van der Waals surface area contributed by atoms with Crippen molar-refractivity contribution < 1.29 is 4.74 Å². The van der Waals surface area contributed by atoms with E-state index in [1.54, 1.807) is 0 Å². The van der Waals surface area contributed by atoms with E-state index in [0.717, 1.165) is 12.6 Å². The molecule has 0 amide bonds. The normalized spacial score (nSPS) is 41.1. The third-order valence-corrected chi connectivity index (χ3v) is 3.38. The summed E-state index contributed by atoms with van der Waals surface area (Å²) in [7, 11) is 0. The van der Waals surface area contributed by atoms with E-state index in [0.29, 0.717) is 18.1 Å². The van der Waals surface area contributed by atoms with Gasteiger partial charge in [0.2, 0.25) is 0 Å². The molecule has 0 N–H and O–H groups in total. The lowest BCUT2D eigenvalue weighted by atomic mass is 9.87. The molecule has 0 bridgehead atoms. The van der Waals surface area contributed by atoms with Gasteiger partial charge in [-0.15, -0.1) is 0 Å². The van der Waals surface area contributed by atoms with E-state index >= 15 is 0 Å². The van der Waals surface area contributed by atoms with E-state index in [-0.39, 0.29) is 0 Å². The second-order valence-electron chi connectivity index (χ2n) is 4.91. The highest BCUT2D eigenvalue weighted by atomic mass is 16.5. The van der Waals surface area contributed by atoms with Crippen molar-refractivity contribution >= 4 is 0 Å². The highest BCUT2D eigenvalue weighted by Gasteiger charge is 2.40. The Bertz CT molecular complexity index is 181. The van der Waals surface area contributed by atoms with Crippen molar-refractivity contribution in [3.05, 3.63) is 0 Å². The van der Waals surface area contributed by atoms with Crippen LogP contribution in [0.25, 0.3) is 0 Å². The Morgan fingerprint density at radius 3 is 2.62 bits per heavy atom. The SMILES string of the molecule is CC1COC2CCC2N(C(C)C)C1. The second-order valence-corrected chi connectivity index (χ2v) is 4.91. The monoisotopic (exact) mass is 183 g/mol. The maximum atomic E-state index is 5.85. The average molecular weight is 183 g/mol. The Balaban J connectivity index is 2.04. The highest BCUT2D eigenvalue weighted by molar-refractivity contribution is 4.93. The van der Waals surface area contributed by atoms with E-state index in [2.05, 4.69) is 25.7 Å². The second kappa shape index (κ2) is 3.58. The molecule has 2 nitrogen and oxygen atoms in total. The average Bonchev–Trinajstić information content (AvgIpc) is 2.09. The molecule has 0 aromatic rings. The van der Waals surface area contributed by atoms with Crippen LogP contribution >= 0.6 is 0 Å². The number of ether oxygens (including phenoxy) is 1. The van der Waals surface area contributed by atoms with Crippen molar-refractivity contribution in [2.75, 3.05) is 13.2 Å². The summed E-state index contributed by atoms with van der Waals surface area (Å²) in [5, 5.41) is 0. The third-order valence-electron chi connectivity index (χ3n) is 3.38. The summed E-state index contributed by atoms with van der Waals surface area (Å²) in [6, 6.07) is 1.40. The molecule has 1 saturated heterocycles. The van der Waals surface area contributed by atoms with Crippen molar-refractivity contribution in [1.29, 1.82) is 0 Å². The molecule has 0 radical (unpaired) electrons. The summed E-state index contributed by atoms with van der Waals surface area (Å²) < 4.78 is 5.85. The summed E-state index contributed by atoms with van der Waals surface area (Å²) in [5.41, 5.74) is 0. The topological polar surface area (TPSA) is 12.5 Å². The van der Waals surface area contributed by atoms with Crippen molar-refractivity contribution in [3.8, 4) is 0 Å². The minimum absolute atomic E-state index is 0.548. The van der Waals surface area contributed by atoms with Crippen molar-refractivity contribution in [2.24, 2.45) is 5.92 Å². The lowest BCUT2D eigenvalue weighted by molar-refractivity contribution is -0.0536. The van der Waals surface area contributed by atoms with Crippen LogP contribution in [0.2, 0.25) is 0 Å². The Morgan fingerprint density at radius 1 is 1.31 bits per heavy atom. The summed E-state index contributed by atoms with van der Waals surface area (Å²) in [6.45, 7) is 9.07. The molecular formula is C11H21NO.